The van der Waals surface area contributed by atoms with Crippen LogP contribution in [0.25, 0.3) is 0 Å². The van der Waals surface area contributed by atoms with Crippen LogP contribution in [0.15, 0.2) is 0 Å². The highest BCUT2D eigenvalue weighted by Gasteiger charge is 2.47. The van der Waals surface area contributed by atoms with Gasteiger partial charge < -0.3 is 0 Å². The second-order valence-electron chi connectivity index (χ2n) is 3.19. The van der Waals surface area contributed by atoms with Gasteiger partial charge in [-0.15, -0.1) is 0 Å². The highest BCUT2D eigenvalue weighted by Crippen LogP contribution is 2.34. The Morgan fingerprint density at radius 2 is 1.36 bits per heavy atom. The first-order valence-corrected chi connectivity index (χ1v) is 3.79. The SMILES string of the molecule is O=C1CC(=O)C2CCC1C2=O. The number of fused-ring (bicyclic) bond motifs is 2. The third-order valence-corrected chi connectivity index (χ3v) is 2.56. The zero-order chi connectivity index (χ0) is 8.01. The van der Waals surface area contributed by atoms with Crippen molar-refractivity contribution < 1.29 is 14.4 Å². The van der Waals surface area contributed by atoms with Gasteiger partial charge in [0.05, 0.1) is 18.3 Å². The van der Waals surface area contributed by atoms with Crippen LogP contribution in [0.5, 0.6) is 0 Å². The lowest BCUT2D eigenvalue weighted by molar-refractivity contribution is -0.141. The molecule has 0 N–H and O–H groups in total. The summed E-state index contributed by atoms with van der Waals surface area (Å²) in [4.78, 5) is 33.2. The van der Waals surface area contributed by atoms with Gasteiger partial charge in [0.2, 0.25) is 0 Å². The molecular formula is C8H8O3. The van der Waals surface area contributed by atoms with Gasteiger partial charge in [0.25, 0.3) is 0 Å². The maximum absolute atomic E-state index is 11.2. The van der Waals surface area contributed by atoms with Crippen LogP contribution in [0.4, 0.5) is 0 Å². The van der Waals surface area contributed by atoms with E-state index >= 15 is 0 Å². The first-order chi connectivity index (χ1) is 5.20. The predicted molar refractivity (Wildman–Crippen MR) is 35.9 cm³/mol. The smallest absolute Gasteiger partial charge is 0.153 e. The Bertz CT molecular complexity index is 230. The van der Waals surface area contributed by atoms with Crippen molar-refractivity contribution in [2.24, 2.45) is 11.8 Å². The molecule has 2 rings (SSSR count). The van der Waals surface area contributed by atoms with Gasteiger partial charge in [0, 0.05) is 0 Å². The molecule has 0 aliphatic heterocycles. The van der Waals surface area contributed by atoms with Crippen LogP contribution < -0.4 is 0 Å². The molecule has 0 radical (unpaired) electrons. The summed E-state index contributed by atoms with van der Waals surface area (Å²) in [5.41, 5.74) is 0. The molecule has 11 heavy (non-hydrogen) atoms. The number of hydrogen-bond acceptors (Lipinski definition) is 3. The van der Waals surface area contributed by atoms with E-state index in [1.54, 1.807) is 0 Å². The van der Waals surface area contributed by atoms with Gasteiger partial charge in [-0.1, -0.05) is 0 Å². The number of Topliss-reactive ketones (excluding diaryl/α,β-unsaturated/α-hetero) is 3. The second kappa shape index (κ2) is 2.00. The Hall–Kier alpha value is -0.990. The van der Waals surface area contributed by atoms with Crippen LogP contribution in [-0.4, -0.2) is 17.3 Å². The number of carbonyl (C=O) groups excluding carboxylic acids is 3. The van der Waals surface area contributed by atoms with Gasteiger partial charge in [-0.3, -0.25) is 14.4 Å². The molecular weight excluding hydrogens is 144 g/mol. The average molecular weight is 152 g/mol. The molecule has 0 aromatic heterocycles. The Morgan fingerprint density at radius 1 is 0.909 bits per heavy atom. The maximum atomic E-state index is 11.2. The average Bonchev–Trinajstić information content (AvgIpc) is 2.22. The van der Waals surface area contributed by atoms with Crippen molar-refractivity contribution in [2.45, 2.75) is 19.3 Å². The Labute approximate surface area is 63.8 Å². The van der Waals surface area contributed by atoms with E-state index < -0.39 is 11.8 Å². The molecule has 2 fully saturated rings. The van der Waals surface area contributed by atoms with Crippen LogP contribution in [-0.2, 0) is 14.4 Å². The Morgan fingerprint density at radius 3 is 1.82 bits per heavy atom. The van der Waals surface area contributed by atoms with Crippen LogP contribution >= 0.6 is 0 Å². The lowest BCUT2D eigenvalue weighted by Gasteiger charge is -2.14. The standard InChI is InChI=1S/C8H8O3/c9-6-3-7(10)5-2-1-4(6)8(5)11/h4-5H,1-3H2. The van der Waals surface area contributed by atoms with Crippen molar-refractivity contribution in [1.29, 1.82) is 0 Å². The minimum Gasteiger partial charge on any atom is -0.298 e. The monoisotopic (exact) mass is 152 g/mol. The zero-order valence-corrected chi connectivity index (χ0v) is 6.00. The molecule has 0 heterocycles. The topological polar surface area (TPSA) is 51.2 Å². The van der Waals surface area contributed by atoms with Crippen LogP contribution in [0.2, 0.25) is 0 Å². The van der Waals surface area contributed by atoms with E-state index in [-0.39, 0.29) is 23.8 Å². The van der Waals surface area contributed by atoms with Crippen LogP contribution in [0, 0.1) is 11.8 Å². The van der Waals surface area contributed by atoms with Gasteiger partial charge in [-0.25, -0.2) is 0 Å². The van der Waals surface area contributed by atoms with Gasteiger partial charge in [0.15, 0.2) is 17.3 Å². The molecule has 2 saturated carbocycles. The minimum absolute atomic E-state index is 0.00106. The fourth-order valence-corrected chi connectivity index (χ4v) is 1.92. The molecule has 2 unspecified atom stereocenters. The Kier molecular flexibility index (Phi) is 1.22. The summed E-state index contributed by atoms with van der Waals surface area (Å²) >= 11 is 0. The van der Waals surface area contributed by atoms with Gasteiger partial charge >= 0.3 is 0 Å². The van der Waals surface area contributed by atoms with Crippen molar-refractivity contribution in [1.82, 2.24) is 0 Å². The molecule has 3 heteroatoms. The largest absolute Gasteiger partial charge is 0.298 e. The highest BCUT2D eigenvalue weighted by atomic mass is 16.2. The first-order valence-electron chi connectivity index (χ1n) is 3.79. The highest BCUT2D eigenvalue weighted by molar-refractivity contribution is 6.23. The number of ketones is 3. The molecule has 2 atom stereocenters. The molecule has 2 bridgehead atoms. The van der Waals surface area contributed by atoms with E-state index in [9.17, 15) is 14.4 Å². The third kappa shape index (κ3) is 0.768. The van der Waals surface area contributed by atoms with E-state index in [2.05, 4.69) is 0 Å². The molecule has 0 spiro atoms. The van der Waals surface area contributed by atoms with E-state index in [0.717, 1.165) is 0 Å². The van der Waals surface area contributed by atoms with E-state index in [4.69, 9.17) is 0 Å². The fraction of sp³-hybridized carbons (Fsp3) is 0.625. The quantitative estimate of drug-likeness (QED) is 0.463. The molecule has 0 aromatic carbocycles. The summed E-state index contributed by atoms with van der Waals surface area (Å²) in [6.45, 7) is 0. The second-order valence-corrected chi connectivity index (χ2v) is 3.19. The molecule has 2 aliphatic carbocycles. The zero-order valence-electron chi connectivity index (χ0n) is 6.00. The maximum Gasteiger partial charge on any atom is 0.153 e. The summed E-state index contributed by atoms with van der Waals surface area (Å²) in [5, 5.41) is 0. The summed E-state index contributed by atoms with van der Waals surface area (Å²) in [6.07, 6.45) is 1.21. The third-order valence-electron chi connectivity index (χ3n) is 2.56. The summed E-state index contributed by atoms with van der Waals surface area (Å²) < 4.78 is 0. The molecule has 3 nitrogen and oxygen atoms in total. The molecule has 0 amide bonds. The van der Waals surface area contributed by atoms with E-state index in [1.807, 2.05) is 0 Å². The van der Waals surface area contributed by atoms with E-state index in [1.165, 1.54) is 0 Å². The van der Waals surface area contributed by atoms with Crippen molar-refractivity contribution in [3.63, 3.8) is 0 Å². The molecule has 0 aromatic rings. The van der Waals surface area contributed by atoms with Crippen molar-refractivity contribution >= 4 is 17.3 Å². The summed E-state index contributed by atoms with van der Waals surface area (Å²) in [7, 11) is 0. The summed E-state index contributed by atoms with van der Waals surface area (Å²) in [5.74, 6) is -1.27. The lowest BCUT2D eigenvalue weighted by Crippen LogP contribution is -2.34. The molecule has 2 aliphatic rings. The van der Waals surface area contributed by atoms with Crippen molar-refractivity contribution in [2.75, 3.05) is 0 Å². The van der Waals surface area contributed by atoms with Crippen molar-refractivity contribution in [3.8, 4) is 0 Å². The Balaban J connectivity index is 2.38. The predicted octanol–water partition coefficient (Wildman–Crippen LogP) is 0.124. The number of carbonyl (C=O) groups is 3. The number of hydrogen-bond donors (Lipinski definition) is 0. The van der Waals surface area contributed by atoms with Gasteiger partial charge in [-0.05, 0) is 12.8 Å². The normalized spacial score (nSPS) is 36.5. The van der Waals surface area contributed by atoms with Crippen LogP contribution in [0.3, 0.4) is 0 Å². The summed E-state index contributed by atoms with van der Waals surface area (Å²) in [6, 6.07) is 0. The molecule has 58 valence electrons. The van der Waals surface area contributed by atoms with E-state index in [0.29, 0.717) is 12.8 Å². The van der Waals surface area contributed by atoms with Gasteiger partial charge in [0.1, 0.15) is 0 Å². The van der Waals surface area contributed by atoms with Crippen LogP contribution in [0.1, 0.15) is 19.3 Å². The minimum atomic E-state index is -0.419. The number of rotatable bonds is 0. The molecule has 0 saturated heterocycles. The van der Waals surface area contributed by atoms with Crippen molar-refractivity contribution in [3.05, 3.63) is 0 Å². The fourth-order valence-electron chi connectivity index (χ4n) is 1.92. The lowest BCUT2D eigenvalue weighted by atomic mass is 9.86. The van der Waals surface area contributed by atoms with Gasteiger partial charge in [-0.2, -0.15) is 0 Å². The first kappa shape index (κ1) is 6.70.